The lowest BCUT2D eigenvalue weighted by Gasteiger charge is -2.19. The van der Waals surface area contributed by atoms with Gasteiger partial charge in [0.05, 0.1) is 17.2 Å². The Hall–Kier alpha value is -1.94. The number of pyridine rings is 1. The third-order valence-corrected chi connectivity index (χ3v) is 3.98. The average Bonchev–Trinajstić information content (AvgIpc) is 2.85. The molecule has 1 unspecified atom stereocenters. The number of amides is 1. The quantitative estimate of drug-likeness (QED) is 0.938. The zero-order valence-corrected chi connectivity index (χ0v) is 12.6. The van der Waals surface area contributed by atoms with E-state index in [1.807, 2.05) is 36.1 Å². The summed E-state index contributed by atoms with van der Waals surface area (Å²) in [7, 11) is 0. The standard InChI is InChI=1S/C17H21N3O/c1-3-10-18-14-9-11-20(17(14)21)15-6-4-5-13-8-7-12(2)19-16(13)15/h4-8,14,18H,3,9-11H2,1-2H3. The molecular weight excluding hydrogens is 262 g/mol. The minimum Gasteiger partial charge on any atom is -0.309 e. The van der Waals surface area contributed by atoms with Crippen LogP contribution in [0.4, 0.5) is 5.69 Å². The fourth-order valence-electron chi connectivity index (χ4n) is 2.87. The summed E-state index contributed by atoms with van der Waals surface area (Å²) in [5.74, 6) is 0.166. The Kier molecular flexibility index (Phi) is 3.88. The van der Waals surface area contributed by atoms with Crippen LogP contribution in [0.15, 0.2) is 30.3 Å². The molecule has 0 bridgehead atoms. The second kappa shape index (κ2) is 5.82. The predicted molar refractivity (Wildman–Crippen MR) is 85.5 cm³/mol. The van der Waals surface area contributed by atoms with Gasteiger partial charge in [0.25, 0.3) is 0 Å². The number of fused-ring (bicyclic) bond motifs is 1. The van der Waals surface area contributed by atoms with Crippen LogP contribution in [0.25, 0.3) is 10.9 Å². The maximum Gasteiger partial charge on any atom is 0.244 e. The first-order chi connectivity index (χ1) is 10.2. The van der Waals surface area contributed by atoms with Crippen LogP contribution in [0.1, 0.15) is 25.5 Å². The number of aryl methyl sites for hydroxylation is 1. The van der Waals surface area contributed by atoms with Crippen molar-refractivity contribution in [3.05, 3.63) is 36.0 Å². The van der Waals surface area contributed by atoms with Gasteiger partial charge in [0.1, 0.15) is 0 Å². The molecule has 1 aromatic heterocycles. The maximum atomic E-state index is 12.6. The Balaban J connectivity index is 1.94. The van der Waals surface area contributed by atoms with Gasteiger partial charge >= 0.3 is 0 Å². The van der Waals surface area contributed by atoms with E-state index in [0.717, 1.165) is 48.2 Å². The number of anilines is 1. The van der Waals surface area contributed by atoms with E-state index in [9.17, 15) is 4.79 Å². The van der Waals surface area contributed by atoms with E-state index in [-0.39, 0.29) is 11.9 Å². The van der Waals surface area contributed by atoms with Crippen LogP contribution in [-0.4, -0.2) is 30.0 Å². The van der Waals surface area contributed by atoms with Gasteiger partial charge in [-0.15, -0.1) is 0 Å². The largest absolute Gasteiger partial charge is 0.309 e. The summed E-state index contributed by atoms with van der Waals surface area (Å²) in [4.78, 5) is 19.1. The maximum absolute atomic E-state index is 12.6. The number of nitrogens with one attached hydrogen (secondary N) is 1. The summed E-state index contributed by atoms with van der Waals surface area (Å²) in [6.45, 7) is 5.74. The first kappa shape index (κ1) is 14.0. The number of para-hydroxylation sites is 1. The van der Waals surface area contributed by atoms with Crippen molar-refractivity contribution in [2.24, 2.45) is 0 Å². The van der Waals surface area contributed by atoms with Crippen LogP contribution >= 0.6 is 0 Å². The van der Waals surface area contributed by atoms with Crippen molar-refractivity contribution in [2.45, 2.75) is 32.7 Å². The summed E-state index contributed by atoms with van der Waals surface area (Å²) in [6.07, 6.45) is 1.90. The molecule has 3 rings (SSSR count). The SMILES string of the molecule is CCCNC1CCN(c2cccc3ccc(C)nc23)C1=O. The summed E-state index contributed by atoms with van der Waals surface area (Å²) in [5.41, 5.74) is 2.83. The molecule has 1 aromatic carbocycles. The number of carbonyl (C=O) groups excluding carboxylic acids is 1. The Morgan fingerprint density at radius 2 is 2.19 bits per heavy atom. The highest BCUT2D eigenvalue weighted by molar-refractivity contribution is 6.05. The van der Waals surface area contributed by atoms with Crippen LogP contribution in [-0.2, 0) is 4.79 Å². The number of hydrogen-bond donors (Lipinski definition) is 1. The molecule has 4 heteroatoms. The molecule has 1 aliphatic rings. The van der Waals surface area contributed by atoms with E-state index in [4.69, 9.17) is 0 Å². The number of benzene rings is 1. The number of rotatable bonds is 4. The van der Waals surface area contributed by atoms with Crippen molar-refractivity contribution >= 4 is 22.5 Å². The highest BCUT2D eigenvalue weighted by Crippen LogP contribution is 2.29. The van der Waals surface area contributed by atoms with Crippen molar-refractivity contribution in [3.8, 4) is 0 Å². The van der Waals surface area contributed by atoms with E-state index in [1.165, 1.54) is 0 Å². The second-order valence-corrected chi connectivity index (χ2v) is 5.59. The number of carbonyl (C=O) groups is 1. The molecular formula is C17H21N3O. The van der Waals surface area contributed by atoms with Crippen LogP contribution in [0.3, 0.4) is 0 Å². The molecule has 0 spiro atoms. The molecule has 1 aliphatic heterocycles. The monoisotopic (exact) mass is 283 g/mol. The molecule has 1 saturated heterocycles. The van der Waals surface area contributed by atoms with Crippen molar-refractivity contribution in [1.82, 2.24) is 10.3 Å². The number of hydrogen-bond acceptors (Lipinski definition) is 3. The predicted octanol–water partition coefficient (Wildman–Crippen LogP) is 2.65. The topological polar surface area (TPSA) is 45.2 Å². The van der Waals surface area contributed by atoms with Gasteiger partial charge in [-0.1, -0.05) is 25.1 Å². The van der Waals surface area contributed by atoms with Gasteiger partial charge in [-0.2, -0.15) is 0 Å². The summed E-state index contributed by atoms with van der Waals surface area (Å²) in [6, 6.07) is 10.0. The molecule has 110 valence electrons. The second-order valence-electron chi connectivity index (χ2n) is 5.59. The Morgan fingerprint density at radius 1 is 1.33 bits per heavy atom. The van der Waals surface area contributed by atoms with Crippen molar-refractivity contribution in [1.29, 1.82) is 0 Å². The van der Waals surface area contributed by atoms with Crippen molar-refractivity contribution in [2.75, 3.05) is 18.0 Å². The van der Waals surface area contributed by atoms with Crippen LogP contribution in [0, 0.1) is 6.92 Å². The average molecular weight is 283 g/mol. The summed E-state index contributed by atoms with van der Waals surface area (Å²) in [5, 5.41) is 4.41. The summed E-state index contributed by atoms with van der Waals surface area (Å²) >= 11 is 0. The molecule has 0 radical (unpaired) electrons. The van der Waals surface area contributed by atoms with Gasteiger partial charge < -0.3 is 10.2 Å². The molecule has 21 heavy (non-hydrogen) atoms. The van der Waals surface area contributed by atoms with E-state index in [0.29, 0.717) is 0 Å². The minimum atomic E-state index is -0.0509. The minimum absolute atomic E-state index is 0.0509. The Labute approximate surface area is 125 Å². The molecule has 1 amide bonds. The fraction of sp³-hybridized carbons (Fsp3) is 0.412. The van der Waals surface area contributed by atoms with Gasteiger partial charge in [0.15, 0.2) is 0 Å². The van der Waals surface area contributed by atoms with Crippen molar-refractivity contribution < 1.29 is 4.79 Å². The molecule has 1 fully saturated rings. The first-order valence-corrected chi connectivity index (χ1v) is 7.62. The third-order valence-electron chi connectivity index (χ3n) is 3.98. The van der Waals surface area contributed by atoms with E-state index >= 15 is 0 Å². The molecule has 2 heterocycles. The number of aromatic nitrogens is 1. The Morgan fingerprint density at radius 3 is 3.00 bits per heavy atom. The smallest absolute Gasteiger partial charge is 0.244 e. The van der Waals surface area contributed by atoms with E-state index < -0.39 is 0 Å². The van der Waals surface area contributed by atoms with Gasteiger partial charge in [-0.05, 0) is 38.4 Å². The van der Waals surface area contributed by atoms with Gasteiger partial charge in [0.2, 0.25) is 5.91 Å². The zero-order valence-electron chi connectivity index (χ0n) is 12.6. The summed E-state index contributed by atoms with van der Waals surface area (Å²) < 4.78 is 0. The first-order valence-electron chi connectivity index (χ1n) is 7.62. The molecule has 0 aliphatic carbocycles. The molecule has 1 atom stereocenters. The van der Waals surface area contributed by atoms with E-state index in [1.54, 1.807) is 0 Å². The highest BCUT2D eigenvalue weighted by Gasteiger charge is 2.32. The van der Waals surface area contributed by atoms with Crippen molar-refractivity contribution in [3.63, 3.8) is 0 Å². The zero-order chi connectivity index (χ0) is 14.8. The van der Waals surface area contributed by atoms with Gasteiger partial charge in [0, 0.05) is 17.6 Å². The normalized spacial score (nSPS) is 18.7. The van der Waals surface area contributed by atoms with Crippen LogP contribution < -0.4 is 10.2 Å². The number of nitrogens with zero attached hydrogens (tertiary/aromatic N) is 2. The molecule has 4 nitrogen and oxygen atoms in total. The van der Waals surface area contributed by atoms with Crippen LogP contribution in [0.5, 0.6) is 0 Å². The molecule has 1 N–H and O–H groups in total. The highest BCUT2D eigenvalue weighted by atomic mass is 16.2. The lowest BCUT2D eigenvalue weighted by molar-refractivity contribution is -0.118. The third kappa shape index (κ3) is 2.63. The fourth-order valence-corrected chi connectivity index (χ4v) is 2.87. The van der Waals surface area contributed by atoms with Gasteiger partial charge in [-0.3, -0.25) is 9.78 Å². The molecule has 2 aromatic rings. The lowest BCUT2D eigenvalue weighted by Crippen LogP contribution is -2.38. The lowest BCUT2D eigenvalue weighted by atomic mass is 10.1. The van der Waals surface area contributed by atoms with E-state index in [2.05, 4.69) is 23.3 Å². The molecule has 0 saturated carbocycles. The van der Waals surface area contributed by atoms with Gasteiger partial charge in [-0.25, -0.2) is 0 Å². The van der Waals surface area contributed by atoms with Crippen LogP contribution in [0.2, 0.25) is 0 Å². The Bertz CT molecular complexity index is 668.